The molecule has 0 atom stereocenters. The summed E-state index contributed by atoms with van der Waals surface area (Å²) < 4.78 is 0. The van der Waals surface area contributed by atoms with Gasteiger partial charge in [-0.25, -0.2) is 5.10 Å². The van der Waals surface area contributed by atoms with Gasteiger partial charge in [-0.3, -0.25) is 4.79 Å². The van der Waals surface area contributed by atoms with E-state index in [1.165, 1.54) is 16.0 Å². The van der Waals surface area contributed by atoms with Crippen LogP contribution in [0.25, 0.3) is 21.2 Å². The molecule has 0 aliphatic rings. The van der Waals surface area contributed by atoms with Gasteiger partial charge in [-0.1, -0.05) is 41.9 Å². The van der Waals surface area contributed by atoms with Crippen molar-refractivity contribution in [2.24, 2.45) is 0 Å². The number of hydrogen-bond donors (Lipinski definition) is 2. The summed E-state index contributed by atoms with van der Waals surface area (Å²) in [4.78, 5) is 13.0. The standard InChI is InChI=1S/C19H14ClN3OS/c20-18-16-10-13(7-8-15(16)19(24)23-22-18)21-11-12-4-1-2-5-14(12)17-6-3-9-25-17/h1-10,21H,11H2,(H,23,24). The second-order valence-electron chi connectivity index (χ2n) is 5.59. The fourth-order valence-corrected chi connectivity index (χ4v) is 3.77. The fourth-order valence-electron chi connectivity index (χ4n) is 2.79. The molecule has 4 nitrogen and oxygen atoms in total. The maximum Gasteiger partial charge on any atom is 0.272 e. The SMILES string of the molecule is O=c1[nH]nc(Cl)c2cc(NCc3ccccc3-c3cccs3)ccc12. The predicted molar refractivity (Wildman–Crippen MR) is 104 cm³/mol. The van der Waals surface area contributed by atoms with E-state index in [1.54, 1.807) is 17.4 Å². The van der Waals surface area contributed by atoms with Crippen LogP contribution in [0.5, 0.6) is 0 Å². The lowest BCUT2D eigenvalue weighted by atomic mass is 10.1. The van der Waals surface area contributed by atoms with Gasteiger partial charge < -0.3 is 5.32 Å². The highest BCUT2D eigenvalue weighted by molar-refractivity contribution is 7.13. The summed E-state index contributed by atoms with van der Waals surface area (Å²) >= 11 is 7.83. The summed E-state index contributed by atoms with van der Waals surface area (Å²) in [5, 5.41) is 13.2. The molecule has 0 spiro atoms. The smallest absolute Gasteiger partial charge is 0.272 e. The summed E-state index contributed by atoms with van der Waals surface area (Å²) in [7, 11) is 0. The van der Waals surface area contributed by atoms with Gasteiger partial charge in [0.2, 0.25) is 0 Å². The first-order chi connectivity index (χ1) is 12.2. The van der Waals surface area contributed by atoms with Crippen LogP contribution in [0.3, 0.4) is 0 Å². The Morgan fingerprint density at radius 3 is 2.80 bits per heavy atom. The van der Waals surface area contributed by atoms with E-state index in [0.717, 1.165) is 5.69 Å². The molecule has 6 heteroatoms. The molecule has 0 radical (unpaired) electrons. The molecular formula is C19H14ClN3OS. The highest BCUT2D eigenvalue weighted by atomic mass is 35.5. The molecule has 0 fully saturated rings. The van der Waals surface area contributed by atoms with E-state index in [0.29, 0.717) is 17.3 Å². The Kier molecular flexibility index (Phi) is 4.26. The van der Waals surface area contributed by atoms with Crippen LogP contribution in [0.2, 0.25) is 5.15 Å². The zero-order chi connectivity index (χ0) is 17.2. The molecule has 0 saturated heterocycles. The number of H-pyrrole nitrogens is 1. The van der Waals surface area contributed by atoms with Crippen LogP contribution in [0.4, 0.5) is 5.69 Å². The Morgan fingerprint density at radius 1 is 1.08 bits per heavy atom. The molecule has 2 aromatic carbocycles. The summed E-state index contributed by atoms with van der Waals surface area (Å²) in [6.07, 6.45) is 0. The van der Waals surface area contributed by atoms with Crippen molar-refractivity contribution in [3.63, 3.8) is 0 Å². The van der Waals surface area contributed by atoms with E-state index in [2.05, 4.69) is 45.2 Å². The number of nitrogens with one attached hydrogen (secondary N) is 2. The Morgan fingerprint density at radius 2 is 1.96 bits per heavy atom. The van der Waals surface area contributed by atoms with Crippen LogP contribution < -0.4 is 10.9 Å². The number of hydrogen-bond acceptors (Lipinski definition) is 4. The molecule has 0 unspecified atom stereocenters. The number of nitrogens with zero attached hydrogens (tertiary/aromatic N) is 1. The van der Waals surface area contributed by atoms with Crippen molar-refractivity contribution in [3.8, 4) is 10.4 Å². The van der Waals surface area contributed by atoms with Crippen molar-refractivity contribution in [3.05, 3.63) is 81.0 Å². The van der Waals surface area contributed by atoms with Crippen molar-refractivity contribution < 1.29 is 0 Å². The van der Waals surface area contributed by atoms with Gasteiger partial charge >= 0.3 is 0 Å². The van der Waals surface area contributed by atoms with E-state index in [1.807, 2.05) is 24.3 Å². The van der Waals surface area contributed by atoms with Crippen LogP contribution in [-0.2, 0) is 6.54 Å². The van der Waals surface area contributed by atoms with Crippen LogP contribution in [0.15, 0.2) is 64.8 Å². The third-order valence-corrected chi connectivity index (χ3v) is 5.22. The Labute approximate surface area is 153 Å². The van der Waals surface area contributed by atoms with E-state index >= 15 is 0 Å². The first kappa shape index (κ1) is 15.9. The van der Waals surface area contributed by atoms with E-state index in [-0.39, 0.29) is 10.7 Å². The normalized spacial score (nSPS) is 10.9. The molecule has 4 rings (SSSR count). The number of aromatic amines is 1. The number of aromatic nitrogens is 2. The van der Waals surface area contributed by atoms with Crippen molar-refractivity contribution >= 4 is 39.4 Å². The maximum atomic E-state index is 11.8. The second kappa shape index (κ2) is 6.70. The zero-order valence-electron chi connectivity index (χ0n) is 13.1. The van der Waals surface area contributed by atoms with Gasteiger partial charge in [-0.05, 0) is 40.8 Å². The molecular weight excluding hydrogens is 354 g/mol. The number of thiophene rings is 1. The van der Waals surface area contributed by atoms with Gasteiger partial charge in [0.1, 0.15) is 0 Å². The molecule has 0 bridgehead atoms. The molecule has 0 amide bonds. The topological polar surface area (TPSA) is 57.8 Å². The van der Waals surface area contributed by atoms with Gasteiger partial charge in [-0.15, -0.1) is 11.3 Å². The summed E-state index contributed by atoms with van der Waals surface area (Å²) in [5.41, 5.74) is 3.08. The molecule has 124 valence electrons. The minimum atomic E-state index is -0.242. The van der Waals surface area contributed by atoms with Crippen LogP contribution >= 0.6 is 22.9 Å². The van der Waals surface area contributed by atoms with Crippen molar-refractivity contribution in [1.82, 2.24) is 10.2 Å². The third kappa shape index (κ3) is 3.16. The largest absolute Gasteiger partial charge is 0.381 e. The lowest BCUT2D eigenvalue weighted by Crippen LogP contribution is -2.08. The summed E-state index contributed by atoms with van der Waals surface area (Å²) in [5.74, 6) is 0. The number of fused-ring (bicyclic) bond motifs is 1. The zero-order valence-corrected chi connectivity index (χ0v) is 14.7. The van der Waals surface area contributed by atoms with Crippen molar-refractivity contribution in [1.29, 1.82) is 0 Å². The minimum absolute atomic E-state index is 0.242. The average molecular weight is 368 g/mol. The molecule has 25 heavy (non-hydrogen) atoms. The lowest BCUT2D eigenvalue weighted by Gasteiger charge is -2.11. The van der Waals surface area contributed by atoms with Crippen LogP contribution in [-0.4, -0.2) is 10.2 Å². The highest BCUT2D eigenvalue weighted by Gasteiger charge is 2.08. The van der Waals surface area contributed by atoms with E-state index in [9.17, 15) is 4.79 Å². The molecule has 2 heterocycles. The predicted octanol–water partition coefficient (Wildman–Crippen LogP) is 4.92. The molecule has 0 saturated carbocycles. The molecule has 4 aromatic rings. The quantitative estimate of drug-likeness (QED) is 0.538. The van der Waals surface area contributed by atoms with E-state index < -0.39 is 0 Å². The monoisotopic (exact) mass is 367 g/mol. The number of rotatable bonds is 4. The van der Waals surface area contributed by atoms with Gasteiger partial charge in [0.25, 0.3) is 5.56 Å². The first-order valence-electron chi connectivity index (χ1n) is 7.76. The first-order valence-corrected chi connectivity index (χ1v) is 9.02. The van der Waals surface area contributed by atoms with Crippen molar-refractivity contribution in [2.75, 3.05) is 5.32 Å². The number of halogens is 1. The molecule has 2 aromatic heterocycles. The minimum Gasteiger partial charge on any atom is -0.381 e. The Hall–Kier alpha value is -2.63. The molecule has 0 aliphatic heterocycles. The Bertz CT molecular complexity index is 1090. The Balaban J connectivity index is 1.64. The summed E-state index contributed by atoms with van der Waals surface area (Å²) in [6.45, 7) is 0.674. The third-order valence-electron chi connectivity index (χ3n) is 4.03. The second-order valence-corrected chi connectivity index (χ2v) is 6.90. The number of benzene rings is 2. The van der Waals surface area contributed by atoms with Crippen molar-refractivity contribution in [2.45, 2.75) is 6.54 Å². The van der Waals surface area contributed by atoms with Gasteiger partial charge in [0.15, 0.2) is 5.15 Å². The maximum absolute atomic E-state index is 11.8. The fraction of sp³-hybridized carbons (Fsp3) is 0.0526. The number of anilines is 1. The van der Waals surface area contributed by atoms with Gasteiger partial charge in [-0.2, -0.15) is 5.10 Å². The lowest BCUT2D eigenvalue weighted by molar-refractivity contribution is 1.01. The average Bonchev–Trinajstić information content (AvgIpc) is 3.18. The molecule has 2 N–H and O–H groups in total. The highest BCUT2D eigenvalue weighted by Crippen LogP contribution is 2.29. The van der Waals surface area contributed by atoms with Gasteiger partial charge in [0, 0.05) is 22.5 Å². The van der Waals surface area contributed by atoms with Crippen LogP contribution in [0.1, 0.15) is 5.56 Å². The van der Waals surface area contributed by atoms with Crippen LogP contribution in [0, 0.1) is 0 Å². The molecule has 0 aliphatic carbocycles. The van der Waals surface area contributed by atoms with E-state index in [4.69, 9.17) is 11.6 Å². The summed E-state index contributed by atoms with van der Waals surface area (Å²) in [6, 6.07) is 18.0. The van der Waals surface area contributed by atoms with Gasteiger partial charge in [0.05, 0.1) is 5.39 Å².